The molecular weight excluding hydrogens is 162 g/mol. The summed E-state index contributed by atoms with van der Waals surface area (Å²) >= 11 is 0. The van der Waals surface area contributed by atoms with Crippen molar-refractivity contribution in [2.24, 2.45) is 5.92 Å². The highest BCUT2D eigenvalue weighted by atomic mass is 16.1. The lowest BCUT2D eigenvalue weighted by Gasteiger charge is -2.21. The predicted molar refractivity (Wildman–Crippen MR) is 50.9 cm³/mol. The molecule has 0 spiro atoms. The molecule has 13 heavy (non-hydrogen) atoms. The number of nitrogens with zero attached hydrogens (tertiary/aromatic N) is 1. The van der Waals surface area contributed by atoms with Gasteiger partial charge in [0.2, 0.25) is 0 Å². The Morgan fingerprint density at radius 1 is 1.62 bits per heavy atom. The van der Waals surface area contributed by atoms with Crippen LogP contribution in [0.25, 0.3) is 0 Å². The number of carbonyl (C=O) groups excluding carboxylic acids is 1. The first kappa shape index (κ1) is 9.73. The maximum absolute atomic E-state index is 11.4. The monoisotopic (exact) mass is 175 g/mol. The summed E-state index contributed by atoms with van der Waals surface area (Å²) in [7, 11) is 0. The molecule has 0 amide bonds. The van der Waals surface area contributed by atoms with E-state index in [-0.39, 0.29) is 11.7 Å². The van der Waals surface area contributed by atoms with E-state index in [1.54, 1.807) is 6.92 Å². The quantitative estimate of drug-likeness (QED) is 0.574. The fourth-order valence-electron chi connectivity index (χ4n) is 1.49. The van der Waals surface area contributed by atoms with E-state index in [0.717, 1.165) is 5.57 Å². The molecule has 1 unspecified atom stereocenters. The summed E-state index contributed by atoms with van der Waals surface area (Å²) in [5, 5.41) is 8.79. The molecule has 1 aliphatic rings. The molecule has 0 fully saturated rings. The number of allylic oxidation sites excluding steroid dienone is 3. The molecule has 0 heterocycles. The Labute approximate surface area is 78.6 Å². The minimum absolute atomic E-state index is 0.0933. The van der Waals surface area contributed by atoms with Crippen LogP contribution in [-0.2, 0) is 4.79 Å². The lowest BCUT2D eigenvalue weighted by Crippen LogP contribution is -2.18. The van der Waals surface area contributed by atoms with Gasteiger partial charge in [-0.15, -0.1) is 0 Å². The Bertz CT molecular complexity index is 330. The zero-order valence-corrected chi connectivity index (χ0v) is 8.05. The number of Topliss-reactive ketones (excluding diaryl/α,β-unsaturated/α-hetero) is 1. The van der Waals surface area contributed by atoms with Crippen LogP contribution in [0.3, 0.4) is 0 Å². The number of ketones is 1. The van der Waals surface area contributed by atoms with E-state index in [1.165, 1.54) is 0 Å². The van der Waals surface area contributed by atoms with Crippen molar-refractivity contribution in [3.63, 3.8) is 0 Å². The number of hydrogen-bond acceptors (Lipinski definition) is 2. The summed E-state index contributed by atoms with van der Waals surface area (Å²) in [5.74, 6) is 0.265. The molecule has 2 nitrogen and oxygen atoms in total. The van der Waals surface area contributed by atoms with E-state index in [9.17, 15) is 4.79 Å². The van der Waals surface area contributed by atoms with Crippen LogP contribution in [0, 0.1) is 17.2 Å². The maximum atomic E-state index is 11.4. The van der Waals surface area contributed by atoms with Crippen molar-refractivity contribution in [3.8, 4) is 6.07 Å². The summed E-state index contributed by atoms with van der Waals surface area (Å²) < 4.78 is 0. The van der Waals surface area contributed by atoms with Crippen molar-refractivity contribution in [1.29, 1.82) is 5.26 Å². The first-order valence-corrected chi connectivity index (χ1v) is 4.34. The van der Waals surface area contributed by atoms with Crippen molar-refractivity contribution in [3.05, 3.63) is 23.3 Å². The predicted octanol–water partition coefficient (Wildman–Crippen LogP) is 2.38. The number of nitriles is 1. The van der Waals surface area contributed by atoms with Crippen LogP contribution in [0.5, 0.6) is 0 Å². The van der Waals surface area contributed by atoms with Gasteiger partial charge in [0, 0.05) is 17.6 Å². The van der Waals surface area contributed by atoms with Gasteiger partial charge in [0.25, 0.3) is 0 Å². The maximum Gasteiger partial charge on any atom is 0.160 e. The topological polar surface area (TPSA) is 40.9 Å². The second kappa shape index (κ2) is 3.57. The van der Waals surface area contributed by atoms with Crippen LogP contribution in [-0.4, -0.2) is 5.78 Å². The fourth-order valence-corrected chi connectivity index (χ4v) is 1.49. The van der Waals surface area contributed by atoms with E-state index in [1.807, 2.05) is 6.92 Å². The van der Waals surface area contributed by atoms with Gasteiger partial charge in [-0.25, -0.2) is 0 Å². The standard InChI is InChI=1S/C11H13NO/c1-7(2)9-4-10(6-12)8(3)11(13)5-9/h9H,1,4-5H2,2-3H3. The van der Waals surface area contributed by atoms with E-state index < -0.39 is 0 Å². The van der Waals surface area contributed by atoms with E-state index >= 15 is 0 Å². The molecule has 1 atom stereocenters. The highest BCUT2D eigenvalue weighted by Gasteiger charge is 2.25. The molecule has 0 aliphatic heterocycles. The van der Waals surface area contributed by atoms with Crippen LogP contribution in [0.2, 0.25) is 0 Å². The van der Waals surface area contributed by atoms with Crippen LogP contribution in [0.15, 0.2) is 23.3 Å². The van der Waals surface area contributed by atoms with Crippen molar-refractivity contribution in [2.45, 2.75) is 26.7 Å². The number of hydrogen-bond donors (Lipinski definition) is 0. The fraction of sp³-hybridized carbons (Fsp3) is 0.455. The molecule has 0 saturated carbocycles. The minimum Gasteiger partial charge on any atom is -0.295 e. The van der Waals surface area contributed by atoms with Gasteiger partial charge in [0.1, 0.15) is 0 Å². The molecule has 1 rings (SSSR count). The largest absolute Gasteiger partial charge is 0.295 e. The smallest absolute Gasteiger partial charge is 0.160 e. The van der Waals surface area contributed by atoms with Crippen LogP contribution in [0.1, 0.15) is 26.7 Å². The molecular formula is C11H13NO. The average Bonchev–Trinajstić information content (AvgIpc) is 2.09. The molecule has 0 radical (unpaired) electrons. The zero-order chi connectivity index (χ0) is 10.0. The molecule has 0 N–H and O–H groups in total. The summed E-state index contributed by atoms with van der Waals surface area (Å²) in [5.41, 5.74) is 2.26. The third-order valence-electron chi connectivity index (χ3n) is 2.59. The lowest BCUT2D eigenvalue weighted by atomic mass is 9.81. The third-order valence-corrected chi connectivity index (χ3v) is 2.59. The van der Waals surface area contributed by atoms with Crippen molar-refractivity contribution in [2.75, 3.05) is 0 Å². The lowest BCUT2D eigenvalue weighted by molar-refractivity contribution is -0.116. The van der Waals surface area contributed by atoms with Gasteiger partial charge in [0.15, 0.2) is 5.78 Å². The first-order valence-electron chi connectivity index (χ1n) is 4.34. The second-order valence-corrected chi connectivity index (χ2v) is 3.59. The molecule has 0 aromatic heterocycles. The van der Waals surface area contributed by atoms with Crippen LogP contribution < -0.4 is 0 Å². The van der Waals surface area contributed by atoms with E-state index in [4.69, 9.17) is 5.26 Å². The first-order chi connectivity index (χ1) is 6.06. The summed E-state index contributed by atoms with van der Waals surface area (Å²) in [6.45, 7) is 7.46. The molecule has 68 valence electrons. The van der Waals surface area contributed by atoms with Crippen molar-refractivity contribution >= 4 is 5.78 Å². The molecule has 0 aromatic carbocycles. The average molecular weight is 175 g/mol. The van der Waals surface area contributed by atoms with Crippen molar-refractivity contribution < 1.29 is 4.79 Å². The second-order valence-electron chi connectivity index (χ2n) is 3.59. The Kier molecular flexibility index (Phi) is 2.67. The van der Waals surface area contributed by atoms with Gasteiger partial charge >= 0.3 is 0 Å². The molecule has 0 aromatic rings. The van der Waals surface area contributed by atoms with Crippen LogP contribution in [0.4, 0.5) is 0 Å². The van der Waals surface area contributed by atoms with Gasteiger partial charge in [-0.1, -0.05) is 12.2 Å². The number of carbonyl (C=O) groups is 1. The van der Waals surface area contributed by atoms with Gasteiger partial charge in [-0.3, -0.25) is 4.79 Å². The van der Waals surface area contributed by atoms with E-state index in [2.05, 4.69) is 12.6 Å². The van der Waals surface area contributed by atoms with Crippen LogP contribution >= 0.6 is 0 Å². The minimum atomic E-state index is 0.0933. The van der Waals surface area contributed by atoms with Gasteiger partial charge in [-0.2, -0.15) is 5.26 Å². The molecule has 0 bridgehead atoms. The molecule has 2 heteroatoms. The zero-order valence-electron chi connectivity index (χ0n) is 8.05. The highest BCUT2D eigenvalue weighted by molar-refractivity contribution is 5.97. The van der Waals surface area contributed by atoms with E-state index in [0.29, 0.717) is 24.0 Å². The number of rotatable bonds is 1. The Hall–Kier alpha value is -1.36. The van der Waals surface area contributed by atoms with Gasteiger partial charge in [-0.05, 0) is 26.2 Å². The highest BCUT2D eigenvalue weighted by Crippen LogP contribution is 2.30. The summed E-state index contributed by atoms with van der Waals surface area (Å²) in [6.07, 6.45) is 1.20. The molecule has 0 saturated heterocycles. The van der Waals surface area contributed by atoms with Crippen molar-refractivity contribution in [1.82, 2.24) is 0 Å². The normalized spacial score (nSPS) is 22.8. The Morgan fingerprint density at radius 3 is 2.69 bits per heavy atom. The summed E-state index contributed by atoms with van der Waals surface area (Å²) in [4.78, 5) is 11.4. The van der Waals surface area contributed by atoms with Gasteiger partial charge < -0.3 is 0 Å². The van der Waals surface area contributed by atoms with Gasteiger partial charge in [0.05, 0.1) is 6.07 Å². The summed E-state index contributed by atoms with van der Waals surface area (Å²) in [6, 6.07) is 2.09. The third kappa shape index (κ3) is 1.86. The molecule has 1 aliphatic carbocycles. The Morgan fingerprint density at radius 2 is 2.23 bits per heavy atom. The SMILES string of the molecule is C=C(C)C1CC(=O)C(C)=C(C#N)C1. The Balaban J connectivity index is 2.97.